The predicted molar refractivity (Wildman–Crippen MR) is 124 cm³/mol. The first-order valence-electron chi connectivity index (χ1n) is 10.6. The van der Waals surface area contributed by atoms with E-state index >= 15 is 0 Å². The average Bonchev–Trinajstić information content (AvgIpc) is 3.32. The molecule has 9 nitrogen and oxygen atoms in total. The molecule has 2 N–H and O–H groups in total. The highest BCUT2D eigenvalue weighted by atomic mass is 16.5. The van der Waals surface area contributed by atoms with Gasteiger partial charge in [-0.25, -0.2) is 9.78 Å². The predicted octanol–water partition coefficient (Wildman–Crippen LogP) is 3.66. The molecule has 0 spiro atoms. The molecule has 0 aliphatic carbocycles. The Hall–Kier alpha value is -4.53. The van der Waals surface area contributed by atoms with Gasteiger partial charge in [0, 0.05) is 24.0 Å². The minimum Gasteiger partial charge on any atom is -0.422 e. The topological polar surface area (TPSA) is 111 Å². The highest BCUT2D eigenvalue weighted by Gasteiger charge is 2.12. The molecule has 2 aromatic carbocycles. The molecular formula is C24H21N7O2. The molecule has 0 atom stereocenters. The maximum atomic E-state index is 12.0. The molecule has 9 heteroatoms. The van der Waals surface area contributed by atoms with Crippen LogP contribution in [-0.2, 0) is 13.0 Å². The summed E-state index contributed by atoms with van der Waals surface area (Å²) in [5.74, 6) is 0.315. The summed E-state index contributed by atoms with van der Waals surface area (Å²) in [4.78, 5) is 20.0. The van der Waals surface area contributed by atoms with E-state index in [4.69, 9.17) is 0 Å². The zero-order valence-electron chi connectivity index (χ0n) is 17.7. The number of hydrogen-bond donors (Lipinski definition) is 2. The molecule has 0 bridgehead atoms. The number of nitrogens with zero attached hydrogens (tertiary/aromatic N) is 6. The van der Waals surface area contributed by atoms with Gasteiger partial charge in [0.05, 0.1) is 11.6 Å². The Bertz CT molecular complexity index is 1460. The molecule has 0 fully saturated rings. The summed E-state index contributed by atoms with van der Waals surface area (Å²) in [6.07, 6.45) is 5.38. The largest absolute Gasteiger partial charge is 0.422 e. The van der Waals surface area contributed by atoms with Crippen LogP contribution in [0.15, 0.2) is 83.9 Å². The van der Waals surface area contributed by atoms with Gasteiger partial charge in [-0.1, -0.05) is 47.7 Å². The third-order valence-electron chi connectivity index (χ3n) is 5.29. The second kappa shape index (κ2) is 8.91. The van der Waals surface area contributed by atoms with E-state index in [9.17, 15) is 10.0 Å². The van der Waals surface area contributed by atoms with Crippen LogP contribution in [0.2, 0.25) is 0 Å². The number of benzene rings is 2. The van der Waals surface area contributed by atoms with Gasteiger partial charge in [-0.05, 0) is 42.7 Å². The standard InChI is InChI=1S/C24H21N7O2/c32-24-27-22(20-12-5-13-25-23(20)31(24)33)26-19-11-4-10-18(15-19)21-16-30(29-28-21)14-6-9-17-7-2-1-3-8-17/h1-5,7-8,10-13,15-16,33H,6,9,14H2,(H,26,27,32). The summed E-state index contributed by atoms with van der Waals surface area (Å²) in [5, 5.41) is 22.1. The molecule has 0 aliphatic rings. The Kier molecular flexibility index (Phi) is 5.50. The fourth-order valence-electron chi connectivity index (χ4n) is 3.66. The van der Waals surface area contributed by atoms with Gasteiger partial charge in [0.2, 0.25) is 0 Å². The van der Waals surface area contributed by atoms with Crippen molar-refractivity contribution in [1.29, 1.82) is 0 Å². The Morgan fingerprint density at radius 3 is 2.76 bits per heavy atom. The molecule has 3 heterocycles. The van der Waals surface area contributed by atoms with Gasteiger partial charge >= 0.3 is 5.69 Å². The van der Waals surface area contributed by atoms with Gasteiger partial charge in [0.25, 0.3) is 0 Å². The Morgan fingerprint density at radius 2 is 1.88 bits per heavy atom. The van der Waals surface area contributed by atoms with Crippen molar-refractivity contribution in [2.45, 2.75) is 19.4 Å². The van der Waals surface area contributed by atoms with Crippen molar-refractivity contribution in [3.63, 3.8) is 0 Å². The third kappa shape index (κ3) is 4.42. The Balaban J connectivity index is 1.33. The molecule has 33 heavy (non-hydrogen) atoms. The summed E-state index contributed by atoms with van der Waals surface area (Å²) in [7, 11) is 0. The van der Waals surface area contributed by atoms with Crippen molar-refractivity contribution >= 4 is 22.5 Å². The van der Waals surface area contributed by atoms with Crippen molar-refractivity contribution < 1.29 is 5.21 Å². The fourth-order valence-corrected chi connectivity index (χ4v) is 3.66. The zero-order chi connectivity index (χ0) is 22.6. The van der Waals surface area contributed by atoms with Crippen LogP contribution in [0.25, 0.3) is 22.3 Å². The number of fused-ring (bicyclic) bond motifs is 1. The van der Waals surface area contributed by atoms with Crippen LogP contribution in [0.3, 0.4) is 0 Å². The summed E-state index contributed by atoms with van der Waals surface area (Å²) in [6, 6.07) is 21.4. The summed E-state index contributed by atoms with van der Waals surface area (Å²) in [5.41, 5.74) is 2.99. The van der Waals surface area contributed by atoms with Crippen molar-refractivity contribution in [3.8, 4) is 11.3 Å². The van der Waals surface area contributed by atoms with Crippen molar-refractivity contribution in [3.05, 3.63) is 95.2 Å². The van der Waals surface area contributed by atoms with E-state index in [1.54, 1.807) is 12.1 Å². The molecule has 164 valence electrons. The van der Waals surface area contributed by atoms with Gasteiger partial charge < -0.3 is 10.5 Å². The first-order valence-corrected chi connectivity index (χ1v) is 10.6. The maximum Gasteiger partial charge on any atom is 0.384 e. The number of rotatable bonds is 7. The van der Waals surface area contributed by atoms with Crippen molar-refractivity contribution in [2.75, 3.05) is 5.32 Å². The second-order valence-electron chi connectivity index (χ2n) is 7.59. The van der Waals surface area contributed by atoms with E-state index in [-0.39, 0.29) is 5.65 Å². The first kappa shape index (κ1) is 20.4. The van der Waals surface area contributed by atoms with E-state index in [0.29, 0.717) is 15.9 Å². The lowest BCUT2D eigenvalue weighted by Gasteiger charge is -2.10. The van der Waals surface area contributed by atoms with Crippen LogP contribution >= 0.6 is 0 Å². The molecule has 0 radical (unpaired) electrons. The van der Waals surface area contributed by atoms with Crippen LogP contribution in [0.5, 0.6) is 0 Å². The molecule has 5 aromatic rings. The Labute approximate surface area is 189 Å². The summed E-state index contributed by atoms with van der Waals surface area (Å²) in [6.45, 7) is 0.778. The van der Waals surface area contributed by atoms with Gasteiger partial charge in [0.15, 0.2) is 5.65 Å². The van der Waals surface area contributed by atoms with Gasteiger partial charge in [-0.15, -0.1) is 9.83 Å². The molecule has 0 amide bonds. The smallest absolute Gasteiger partial charge is 0.384 e. The lowest BCUT2D eigenvalue weighted by Crippen LogP contribution is -2.23. The first-order chi connectivity index (χ1) is 16.2. The van der Waals surface area contributed by atoms with E-state index in [1.807, 2.05) is 53.3 Å². The molecule has 0 saturated carbocycles. The van der Waals surface area contributed by atoms with Crippen LogP contribution in [0, 0.1) is 0 Å². The molecule has 3 aromatic heterocycles. The quantitative estimate of drug-likeness (QED) is 0.372. The summed E-state index contributed by atoms with van der Waals surface area (Å²) >= 11 is 0. The van der Waals surface area contributed by atoms with E-state index in [2.05, 4.69) is 37.7 Å². The molecule has 5 rings (SSSR count). The molecule has 0 aliphatic heterocycles. The third-order valence-corrected chi connectivity index (χ3v) is 5.29. The Morgan fingerprint density at radius 1 is 1.00 bits per heavy atom. The van der Waals surface area contributed by atoms with E-state index in [0.717, 1.165) is 36.3 Å². The monoisotopic (exact) mass is 439 g/mol. The molecule has 0 saturated heterocycles. The van der Waals surface area contributed by atoms with Gasteiger partial charge in [-0.3, -0.25) is 4.68 Å². The average molecular weight is 439 g/mol. The second-order valence-corrected chi connectivity index (χ2v) is 7.59. The van der Waals surface area contributed by atoms with E-state index in [1.165, 1.54) is 11.8 Å². The number of hydrogen-bond acceptors (Lipinski definition) is 7. The SMILES string of the molecule is O=c1nc(Nc2cccc(-c3cn(CCCc4ccccc4)nn3)c2)c2cccnc2n1O. The highest BCUT2D eigenvalue weighted by Crippen LogP contribution is 2.25. The molecular weight excluding hydrogens is 418 g/mol. The van der Waals surface area contributed by atoms with Crippen LogP contribution < -0.4 is 11.0 Å². The van der Waals surface area contributed by atoms with Crippen molar-refractivity contribution in [1.82, 2.24) is 29.7 Å². The van der Waals surface area contributed by atoms with Crippen LogP contribution in [-0.4, -0.2) is 34.9 Å². The van der Waals surface area contributed by atoms with E-state index < -0.39 is 5.69 Å². The minimum absolute atomic E-state index is 0.134. The number of anilines is 2. The number of pyridine rings is 1. The van der Waals surface area contributed by atoms with Crippen LogP contribution in [0.4, 0.5) is 11.5 Å². The van der Waals surface area contributed by atoms with Gasteiger partial charge in [-0.2, -0.15) is 4.98 Å². The molecule has 0 unspecified atom stereocenters. The van der Waals surface area contributed by atoms with Crippen molar-refractivity contribution in [2.24, 2.45) is 0 Å². The van der Waals surface area contributed by atoms with Crippen LogP contribution in [0.1, 0.15) is 12.0 Å². The zero-order valence-corrected chi connectivity index (χ0v) is 17.7. The number of nitrogens with one attached hydrogen (secondary N) is 1. The lowest BCUT2D eigenvalue weighted by atomic mass is 10.1. The highest BCUT2D eigenvalue weighted by molar-refractivity contribution is 5.88. The normalized spacial score (nSPS) is 11.0. The minimum atomic E-state index is -0.807. The summed E-state index contributed by atoms with van der Waals surface area (Å²) < 4.78 is 2.28. The van der Waals surface area contributed by atoms with Gasteiger partial charge in [0.1, 0.15) is 11.5 Å². The number of aromatic nitrogens is 6. The lowest BCUT2D eigenvalue weighted by molar-refractivity contribution is 0.182. The maximum absolute atomic E-state index is 12.0. The fraction of sp³-hybridized carbons (Fsp3) is 0.125. The number of aryl methyl sites for hydroxylation is 2.